The highest BCUT2D eigenvalue weighted by atomic mass is 16.5. The first kappa shape index (κ1) is 14.0. The lowest BCUT2D eigenvalue weighted by atomic mass is 9.80. The van der Waals surface area contributed by atoms with E-state index in [1.54, 1.807) is 0 Å². The second-order valence-corrected chi connectivity index (χ2v) is 6.28. The van der Waals surface area contributed by atoms with Crippen LogP contribution in [0.5, 0.6) is 0 Å². The largest absolute Gasteiger partial charge is 0.378 e. The maximum absolute atomic E-state index is 6.48. The first-order valence-corrected chi connectivity index (χ1v) is 8.15. The summed E-state index contributed by atoms with van der Waals surface area (Å²) in [6, 6.07) is 4.49. The number of hydrogen-bond donors (Lipinski definition) is 1. The van der Waals surface area contributed by atoms with E-state index in [2.05, 4.69) is 11.1 Å². The minimum atomic E-state index is 0.231. The molecule has 3 heteroatoms. The maximum Gasteiger partial charge on any atom is 0.0575 e. The van der Waals surface area contributed by atoms with Gasteiger partial charge in [0.25, 0.3) is 0 Å². The topological polar surface area (TPSA) is 48.1 Å². The lowest BCUT2D eigenvalue weighted by molar-refractivity contribution is 0.00866. The number of ether oxygens (including phenoxy) is 1. The van der Waals surface area contributed by atoms with Crippen LogP contribution in [-0.2, 0) is 11.2 Å². The van der Waals surface area contributed by atoms with Crippen molar-refractivity contribution in [3.05, 3.63) is 29.6 Å². The third kappa shape index (κ3) is 3.21. The van der Waals surface area contributed by atoms with E-state index in [0.29, 0.717) is 12.0 Å². The molecule has 1 fully saturated rings. The van der Waals surface area contributed by atoms with Crippen LogP contribution in [0.3, 0.4) is 0 Å². The summed E-state index contributed by atoms with van der Waals surface area (Å²) >= 11 is 0. The van der Waals surface area contributed by atoms with Crippen molar-refractivity contribution in [1.82, 2.24) is 4.98 Å². The summed E-state index contributed by atoms with van der Waals surface area (Å²) in [6.07, 6.45) is 11.9. The van der Waals surface area contributed by atoms with Crippen molar-refractivity contribution >= 4 is 0 Å². The van der Waals surface area contributed by atoms with Crippen molar-refractivity contribution in [2.24, 2.45) is 5.73 Å². The van der Waals surface area contributed by atoms with E-state index in [1.165, 1.54) is 43.4 Å². The van der Waals surface area contributed by atoms with E-state index in [1.807, 2.05) is 12.3 Å². The van der Waals surface area contributed by atoms with E-state index in [-0.39, 0.29) is 6.04 Å². The molecule has 0 bridgehead atoms. The number of rotatable bonds is 4. The maximum atomic E-state index is 6.48. The van der Waals surface area contributed by atoms with Crippen molar-refractivity contribution in [3.8, 4) is 0 Å². The van der Waals surface area contributed by atoms with E-state index in [9.17, 15) is 0 Å². The highest BCUT2D eigenvalue weighted by Crippen LogP contribution is 2.33. The Morgan fingerprint density at radius 3 is 3.10 bits per heavy atom. The zero-order chi connectivity index (χ0) is 13.8. The first-order valence-electron chi connectivity index (χ1n) is 8.15. The smallest absolute Gasteiger partial charge is 0.0575 e. The summed E-state index contributed by atoms with van der Waals surface area (Å²) < 4.78 is 5.81. The fourth-order valence-electron chi connectivity index (χ4n) is 3.68. The number of fused-ring (bicyclic) bond motifs is 1. The fourth-order valence-corrected chi connectivity index (χ4v) is 3.68. The van der Waals surface area contributed by atoms with Gasteiger partial charge in [-0.1, -0.05) is 6.07 Å². The second-order valence-electron chi connectivity index (χ2n) is 6.28. The van der Waals surface area contributed by atoms with Crippen molar-refractivity contribution in [3.63, 3.8) is 0 Å². The van der Waals surface area contributed by atoms with E-state index >= 15 is 0 Å². The zero-order valence-electron chi connectivity index (χ0n) is 12.3. The summed E-state index contributed by atoms with van der Waals surface area (Å²) in [5.41, 5.74) is 9.16. The Morgan fingerprint density at radius 1 is 1.30 bits per heavy atom. The quantitative estimate of drug-likeness (QED) is 0.917. The minimum Gasteiger partial charge on any atom is -0.378 e. The number of pyridine rings is 1. The molecule has 3 unspecified atom stereocenters. The molecule has 0 spiro atoms. The molecule has 2 aliphatic rings. The van der Waals surface area contributed by atoms with E-state index in [4.69, 9.17) is 10.5 Å². The van der Waals surface area contributed by atoms with Crippen LogP contribution in [0.1, 0.15) is 62.1 Å². The molecule has 1 aliphatic carbocycles. The molecule has 3 atom stereocenters. The van der Waals surface area contributed by atoms with Crippen LogP contribution < -0.4 is 5.73 Å². The summed E-state index contributed by atoms with van der Waals surface area (Å²) in [6.45, 7) is 0.938. The molecule has 20 heavy (non-hydrogen) atoms. The Bertz CT molecular complexity index is 429. The SMILES string of the molecule is NC(CCC1CCCCO1)C1CCCc2cccnc21. The van der Waals surface area contributed by atoms with Gasteiger partial charge in [0.05, 0.1) is 6.10 Å². The minimum absolute atomic E-state index is 0.231. The Kier molecular flexibility index (Phi) is 4.69. The molecule has 1 saturated heterocycles. The van der Waals surface area contributed by atoms with Gasteiger partial charge in [0, 0.05) is 30.5 Å². The van der Waals surface area contributed by atoms with E-state index < -0.39 is 0 Å². The first-order chi connectivity index (χ1) is 9.84. The number of aromatic nitrogens is 1. The Labute approximate surface area is 121 Å². The molecule has 1 aromatic rings. The second kappa shape index (κ2) is 6.68. The third-order valence-electron chi connectivity index (χ3n) is 4.85. The van der Waals surface area contributed by atoms with Crippen molar-refractivity contribution in [2.75, 3.05) is 6.61 Å². The summed E-state index contributed by atoms with van der Waals surface area (Å²) in [5.74, 6) is 0.448. The third-order valence-corrected chi connectivity index (χ3v) is 4.85. The summed E-state index contributed by atoms with van der Waals surface area (Å²) in [7, 11) is 0. The predicted octanol–water partition coefficient (Wildman–Crippen LogP) is 3.18. The van der Waals surface area contributed by atoms with Crippen LogP contribution in [0.15, 0.2) is 18.3 Å². The summed E-state index contributed by atoms with van der Waals surface area (Å²) in [4.78, 5) is 4.61. The van der Waals surface area contributed by atoms with Gasteiger partial charge in [-0.05, 0) is 63.0 Å². The van der Waals surface area contributed by atoms with Crippen molar-refractivity contribution in [2.45, 2.75) is 69.4 Å². The van der Waals surface area contributed by atoms with Crippen LogP contribution in [0.25, 0.3) is 0 Å². The van der Waals surface area contributed by atoms with Crippen LogP contribution in [0, 0.1) is 0 Å². The Balaban J connectivity index is 1.58. The zero-order valence-corrected chi connectivity index (χ0v) is 12.3. The Morgan fingerprint density at radius 2 is 2.25 bits per heavy atom. The van der Waals surface area contributed by atoms with Gasteiger partial charge in [-0.15, -0.1) is 0 Å². The highest BCUT2D eigenvalue weighted by Gasteiger charge is 2.27. The van der Waals surface area contributed by atoms with Crippen LogP contribution in [0.4, 0.5) is 0 Å². The van der Waals surface area contributed by atoms with Crippen LogP contribution in [0.2, 0.25) is 0 Å². The highest BCUT2D eigenvalue weighted by molar-refractivity contribution is 5.27. The van der Waals surface area contributed by atoms with Crippen molar-refractivity contribution < 1.29 is 4.74 Å². The van der Waals surface area contributed by atoms with Gasteiger partial charge in [0.2, 0.25) is 0 Å². The fraction of sp³-hybridized carbons (Fsp3) is 0.706. The van der Waals surface area contributed by atoms with Gasteiger partial charge in [-0.25, -0.2) is 0 Å². The van der Waals surface area contributed by atoms with Gasteiger partial charge in [-0.3, -0.25) is 4.98 Å². The number of aryl methyl sites for hydroxylation is 1. The van der Waals surface area contributed by atoms with Crippen molar-refractivity contribution in [1.29, 1.82) is 0 Å². The molecule has 0 radical (unpaired) electrons. The van der Waals surface area contributed by atoms with Gasteiger partial charge in [0.1, 0.15) is 0 Å². The van der Waals surface area contributed by atoms with Crippen LogP contribution >= 0.6 is 0 Å². The molecular weight excluding hydrogens is 248 g/mol. The van der Waals surface area contributed by atoms with Gasteiger partial charge in [0.15, 0.2) is 0 Å². The lowest BCUT2D eigenvalue weighted by Crippen LogP contribution is -2.33. The Hall–Kier alpha value is -0.930. The molecule has 110 valence electrons. The molecule has 2 N–H and O–H groups in total. The standard InChI is InChI=1S/C17H26N2O/c18-16(10-9-14-7-1-2-12-20-14)15-8-3-5-13-6-4-11-19-17(13)15/h4,6,11,14-16H,1-3,5,7-10,12,18H2. The molecule has 2 heterocycles. The van der Waals surface area contributed by atoms with Crippen LogP contribution in [-0.4, -0.2) is 23.7 Å². The number of nitrogens with zero attached hydrogens (tertiary/aromatic N) is 1. The summed E-state index contributed by atoms with van der Waals surface area (Å²) in [5, 5.41) is 0. The molecule has 1 aliphatic heterocycles. The number of nitrogens with two attached hydrogens (primary N) is 1. The van der Waals surface area contributed by atoms with Gasteiger partial charge in [-0.2, -0.15) is 0 Å². The monoisotopic (exact) mass is 274 g/mol. The lowest BCUT2D eigenvalue weighted by Gasteiger charge is -2.30. The molecule has 3 rings (SSSR count). The average Bonchev–Trinajstić information content (AvgIpc) is 2.53. The molecular formula is C17H26N2O. The molecule has 1 aromatic heterocycles. The molecule has 0 aromatic carbocycles. The van der Waals surface area contributed by atoms with Gasteiger partial charge >= 0.3 is 0 Å². The average molecular weight is 274 g/mol. The molecule has 0 saturated carbocycles. The van der Waals surface area contributed by atoms with E-state index in [0.717, 1.165) is 25.9 Å². The molecule has 3 nitrogen and oxygen atoms in total. The number of hydrogen-bond acceptors (Lipinski definition) is 3. The predicted molar refractivity (Wildman–Crippen MR) is 80.7 cm³/mol. The normalized spacial score (nSPS) is 27.9. The van der Waals surface area contributed by atoms with Gasteiger partial charge < -0.3 is 10.5 Å². The molecule has 0 amide bonds.